The fourth-order valence-electron chi connectivity index (χ4n) is 10.0. The number of nitriles is 1. The van der Waals surface area contributed by atoms with Gasteiger partial charge in [0.25, 0.3) is 10.1 Å². The molecule has 1 aliphatic heterocycles. The molecule has 0 aromatic rings. The average molecular weight is 567 g/mol. The van der Waals surface area contributed by atoms with Crippen molar-refractivity contribution in [2.75, 3.05) is 31.7 Å². The van der Waals surface area contributed by atoms with Crippen LogP contribution >= 0.6 is 11.8 Å². The van der Waals surface area contributed by atoms with E-state index in [-0.39, 0.29) is 40.3 Å². The molecule has 214 valence electrons. The van der Waals surface area contributed by atoms with Crippen molar-refractivity contribution in [3.8, 4) is 5.40 Å². The molecule has 0 aromatic carbocycles. The van der Waals surface area contributed by atoms with Crippen molar-refractivity contribution in [1.29, 1.82) is 5.26 Å². The lowest BCUT2D eigenvalue weighted by atomic mass is 9.44. The number of thiocyanates is 1. The smallest absolute Gasteiger partial charge is 0.264 e. The van der Waals surface area contributed by atoms with E-state index in [1.54, 1.807) is 0 Å². The second kappa shape index (κ2) is 10.3. The van der Waals surface area contributed by atoms with Crippen LogP contribution in [0, 0.1) is 51.1 Å². The zero-order chi connectivity index (χ0) is 27.5. The van der Waals surface area contributed by atoms with Crippen molar-refractivity contribution in [1.82, 2.24) is 4.90 Å². The Balaban J connectivity index is 1.40. The number of rotatable bonds is 6. The Morgan fingerprint density at radius 1 is 1.11 bits per heavy atom. The Kier molecular flexibility index (Phi) is 7.83. The van der Waals surface area contributed by atoms with Crippen LogP contribution in [0.1, 0.15) is 79.1 Å². The molecule has 0 bridgehead atoms. The molecule has 5 fully saturated rings. The molecule has 4 saturated carbocycles. The highest BCUT2D eigenvalue weighted by molar-refractivity contribution is 8.04. The van der Waals surface area contributed by atoms with Gasteiger partial charge in [-0.3, -0.25) is 13.9 Å². The number of morpholine rings is 1. The van der Waals surface area contributed by atoms with Gasteiger partial charge in [0.2, 0.25) is 0 Å². The Morgan fingerprint density at radius 2 is 1.84 bits per heavy atom. The van der Waals surface area contributed by atoms with Gasteiger partial charge in [0.15, 0.2) is 0 Å². The van der Waals surface area contributed by atoms with Crippen LogP contribution in [0.4, 0.5) is 0 Å². The minimum Gasteiger partial charge on any atom is -0.373 e. The molecule has 0 N–H and O–H groups in total. The first kappa shape index (κ1) is 28.9. The molecule has 0 amide bonds. The number of Topliss-reactive ketones (excluding diaryl/α,β-unsaturated/α-hetero) is 1. The quantitative estimate of drug-likeness (QED) is 0.332. The summed E-state index contributed by atoms with van der Waals surface area (Å²) in [4.78, 5) is 15.5. The van der Waals surface area contributed by atoms with Crippen LogP contribution in [0.3, 0.4) is 0 Å². The van der Waals surface area contributed by atoms with Crippen molar-refractivity contribution < 1.29 is 22.1 Å². The Hall–Kier alpha value is -0.660. The van der Waals surface area contributed by atoms with Crippen LogP contribution in [0.25, 0.3) is 0 Å². The van der Waals surface area contributed by atoms with Crippen molar-refractivity contribution >= 4 is 27.7 Å². The fraction of sp³-hybridized carbons (Fsp3) is 0.931. The molecule has 1 heterocycles. The first-order valence-corrected chi connectivity index (χ1v) is 17.4. The summed E-state index contributed by atoms with van der Waals surface area (Å²) in [7, 11) is -3.56. The molecule has 4 aliphatic carbocycles. The summed E-state index contributed by atoms with van der Waals surface area (Å²) in [6, 6.07) is 0.0575. The third-order valence-electron chi connectivity index (χ3n) is 11.6. The van der Waals surface area contributed by atoms with Gasteiger partial charge in [-0.2, -0.15) is 13.7 Å². The Labute approximate surface area is 233 Å². The number of fused-ring (bicyclic) bond motifs is 5. The fourth-order valence-corrected chi connectivity index (χ4v) is 11.1. The average Bonchev–Trinajstić information content (AvgIpc) is 3.18. The first-order chi connectivity index (χ1) is 17.8. The van der Waals surface area contributed by atoms with Crippen LogP contribution in [0.2, 0.25) is 0 Å². The second-order valence-corrected chi connectivity index (χ2v) is 16.5. The number of ketones is 1. The molecule has 0 radical (unpaired) electrons. The molecule has 5 rings (SSSR count). The standard InChI is InChI=1S/C29H46N2O5S2/c1-27(2)17-31(12-13-35-27)24-15-29(4)19(14-26(24)36-38(5,33)34)6-7-20-21-8-9-23(25(32)16-37-18-30)28(21,3)11-10-22(20)29/h19-24,26H,6-17H2,1-5H3/t19-,20-,21-,22-,23+,24-,26-,28-,29-/m0/s1. The topological polar surface area (TPSA) is 96.7 Å². The normalized spacial score (nSPS) is 44.9. The van der Waals surface area contributed by atoms with Gasteiger partial charge in [-0.15, -0.1) is 0 Å². The third kappa shape index (κ3) is 5.22. The molecule has 0 aromatic heterocycles. The molecular weight excluding hydrogens is 520 g/mol. The number of ether oxygens (including phenoxy) is 1. The van der Waals surface area contributed by atoms with Crippen LogP contribution < -0.4 is 0 Å². The third-order valence-corrected chi connectivity index (χ3v) is 12.7. The molecule has 0 unspecified atom stereocenters. The lowest BCUT2D eigenvalue weighted by Crippen LogP contribution is -2.63. The summed E-state index contributed by atoms with van der Waals surface area (Å²) in [5.41, 5.74) is -0.0855. The van der Waals surface area contributed by atoms with Gasteiger partial charge in [-0.05, 0) is 111 Å². The maximum atomic E-state index is 13.1. The Bertz CT molecular complexity index is 1070. The van der Waals surface area contributed by atoms with Crippen LogP contribution in [0.15, 0.2) is 0 Å². The largest absolute Gasteiger partial charge is 0.373 e. The SMILES string of the molecule is CC1(C)CN([C@H]2C[C@@]3(C)[C@@H](CC[C@@H]4[C@@H]3CC[C@]3(C)[C@@H](C(=O)CSC#N)CC[C@@H]43)C[C@@H]2OS(C)(=O)=O)CCO1. The molecule has 5 aliphatic rings. The van der Waals surface area contributed by atoms with Gasteiger partial charge in [-0.1, -0.05) is 13.8 Å². The number of hydrogen-bond acceptors (Lipinski definition) is 8. The number of thioether (sulfide) groups is 1. The van der Waals surface area contributed by atoms with Gasteiger partial charge in [0.05, 0.1) is 30.3 Å². The zero-order valence-electron chi connectivity index (χ0n) is 23.8. The van der Waals surface area contributed by atoms with E-state index in [0.29, 0.717) is 36.0 Å². The van der Waals surface area contributed by atoms with E-state index in [2.05, 4.69) is 38.0 Å². The lowest BCUT2D eigenvalue weighted by molar-refractivity contribution is -0.165. The molecule has 0 spiro atoms. The highest BCUT2D eigenvalue weighted by Crippen LogP contribution is 2.68. The summed E-state index contributed by atoms with van der Waals surface area (Å²) >= 11 is 1.08. The van der Waals surface area contributed by atoms with Gasteiger partial charge in [0.1, 0.15) is 11.2 Å². The van der Waals surface area contributed by atoms with E-state index in [1.807, 2.05) is 0 Å². The predicted molar refractivity (Wildman–Crippen MR) is 149 cm³/mol. The zero-order valence-corrected chi connectivity index (χ0v) is 25.4. The number of carbonyl (C=O) groups excluding carboxylic acids is 1. The van der Waals surface area contributed by atoms with Crippen LogP contribution in [-0.2, 0) is 23.8 Å². The summed E-state index contributed by atoms with van der Waals surface area (Å²) in [5.74, 6) is 2.90. The van der Waals surface area contributed by atoms with Gasteiger partial charge >= 0.3 is 0 Å². The molecule has 1 saturated heterocycles. The molecule has 38 heavy (non-hydrogen) atoms. The molecular formula is C29H46N2O5S2. The van der Waals surface area contributed by atoms with E-state index in [4.69, 9.17) is 14.2 Å². The first-order valence-electron chi connectivity index (χ1n) is 14.6. The second-order valence-electron chi connectivity index (χ2n) is 14.1. The van der Waals surface area contributed by atoms with E-state index in [1.165, 1.54) is 12.7 Å². The van der Waals surface area contributed by atoms with Gasteiger partial charge in [-0.25, -0.2) is 0 Å². The summed E-state index contributed by atoms with van der Waals surface area (Å²) < 4.78 is 36.5. The summed E-state index contributed by atoms with van der Waals surface area (Å²) in [6.45, 7) is 11.3. The lowest BCUT2D eigenvalue weighted by Gasteiger charge is -2.63. The molecule has 9 atom stereocenters. The Morgan fingerprint density at radius 3 is 2.53 bits per heavy atom. The van der Waals surface area contributed by atoms with Crippen LogP contribution in [0.5, 0.6) is 0 Å². The number of nitrogens with zero attached hydrogens (tertiary/aromatic N) is 2. The van der Waals surface area contributed by atoms with E-state index < -0.39 is 10.1 Å². The predicted octanol–water partition coefficient (Wildman–Crippen LogP) is 4.86. The maximum Gasteiger partial charge on any atom is 0.264 e. The minimum absolute atomic E-state index is 0.0434. The van der Waals surface area contributed by atoms with Crippen molar-refractivity contribution in [2.45, 2.75) is 96.8 Å². The molecule has 7 nitrogen and oxygen atoms in total. The number of hydrogen-bond donors (Lipinski definition) is 0. The molecule has 9 heteroatoms. The van der Waals surface area contributed by atoms with Crippen molar-refractivity contribution in [3.63, 3.8) is 0 Å². The van der Waals surface area contributed by atoms with Gasteiger partial charge in [0, 0.05) is 25.0 Å². The van der Waals surface area contributed by atoms with E-state index in [0.717, 1.165) is 69.8 Å². The van der Waals surface area contributed by atoms with E-state index >= 15 is 0 Å². The highest BCUT2D eigenvalue weighted by atomic mass is 32.2. The highest BCUT2D eigenvalue weighted by Gasteiger charge is 2.62. The summed E-state index contributed by atoms with van der Waals surface area (Å²) in [5, 5.41) is 11.1. The number of carbonyl (C=O) groups is 1. The minimum atomic E-state index is -3.56. The van der Waals surface area contributed by atoms with Crippen molar-refractivity contribution in [2.24, 2.45) is 40.4 Å². The van der Waals surface area contributed by atoms with Crippen molar-refractivity contribution in [3.05, 3.63) is 0 Å². The summed E-state index contributed by atoms with van der Waals surface area (Å²) in [6.07, 6.45) is 9.20. The van der Waals surface area contributed by atoms with E-state index in [9.17, 15) is 13.2 Å². The maximum absolute atomic E-state index is 13.1. The monoisotopic (exact) mass is 566 g/mol. The van der Waals surface area contributed by atoms with Crippen LogP contribution in [-0.4, -0.2) is 68.6 Å². The van der Waals surface area contributed by atoms with Gasteiger partial charge < -0.3 is 4.74 Å².